The molecule has 13 heavy (non-hydrogen) atoms. The van der Waals surface area contributed by atoms with Crippen molar-refractivity contribution in [2.75, 3.05) is 5.75 Å². The third-order valence-electron chi connectivity index (χ3n) is 1.55. The smallest absolute Gasteiger partial charge is 0.116 e. The monoisotopic (exact) mass is 192 g/mol. The lowest BCUT2D eigenvalue weighted by Gasteiger charge is -1.99. The maximum absolute atomic E-state index is 9.17. The van der Waals surface area contributed by atoms with Crippen molar-refractivity contribution in [1.29, 1.82) is 0 Å². The largest absolute Gasteiger partial charge is 0.508 e. The van der Waals surface area contributed by atoms with Crippen LogP contribution < -0.4 is 0 Å². The van der Waals surface area contributed by atoms with E-state index in [-0.39, 0.29) is 0 Å². The molecule has 1 N–H and O–H groups in total. The summed E-state index contributed by atoms with van der Waals surface area (Å²) in [6.07, 6.45) is 6.98. The Hall–Kier alpha value is -1.07. The van der Waals surface area contributed by atoms with Crippen LogP contribution in [0, 0.1) is 12.3 Å². The SMILES string of the molecule is C#CCCCSc1cccc(O)c1. The number of aromatic hydroxyl groups is 1. The zero-order chi connectivity index (χ0) is 9.52. The van der Waals surface area contributed by atoms with Crippen LogP contribution >= 0.6 is 11.8 Å². The van der Waals surface area contributed by atoms with E-state index in [1.54, 1.807) is 23.9 Å². The molecule has 0 aromatic heterocycles. The van der Waals surface area contributed by atoms with Gasteiger partial charge in [-0.1, -0.05) is 6.07 Å². The van der Waals surface area contributed by atoms with Crippen LogP contribution in [0.3, 0.4) is 0 Å². The van der Waals surface area contributed by atoms with E-state index in [0.29, 0.717) is 5.75 Å². The molecule has 0 atom stereocenters. The van der Waals surface area contributed by atoms with Crippen molar-refractivity contribution in [2.24, 2.45) is 0 Å². The molecule has 0 aliphatic carbocycles. The van der Waals surface area contributed by atoms with Crippen LogP contribution in [0.2, 0.25) is 0 Å². The van der Waals surface area contributed by atoms with Gasteiger partial charge in [0.1, 0.15) is 5.75 Å². The average molecular weight is 192 g/mol. The van der Waals surface area contributed by atoms with Gasteiger partial charge in [0.05, 0.1) is 0 Å². The van der Waals surface area contributed by atoms with Gasteiger partial charge >= 0.3 is 0 Å². The summed E-state index contributed by atoms with van der Waals surface area (Å²) in [4.78, 5) is 1.09. The normalized spacial score (nSPS) is 9.46. The summed E-state index contributed by atoms with van der Waals surface area (Å²) in [6.45, 7) is 0. The highest BCUT2D eigenvalue weighted by Crippen LogP contribution is 2.22. The minimum atomic E-state index is 0.321. The van der Waals surface area contributed by atoms with Crippen LogP contribution in [0.15, 0.2) is 29.2 Å². The fraction of sp³-hybridized carbons (Fsp3) is 0.273. The molecule has 0 aliphatic rings. The minimum absolute atomic E-state index is 0.321. The molecule has 0 unspecified atom stereocenters. The van der Waals surface area contributed by atoms with E-state index in [0.717, 1.165) is 23.5 Å². The van der Waals surface area contributed by atoms with Gasteiger partial charge in [-0.15, -0.1) is 24.1 Å². The third kappa shape index (κ3) is 3.91. The lowest BCUT2D eigenvalue weighted by molar-refractivity contribution is 0.474. The van der Waals surface area contributed by atoms with Gasteiger partial charge < -0.3 is 5.11 Å². The van der Waals surface area contributed by atoms with Crippen LogP contribution in [0.5, 0.6) is 5.75 Å². The molecular formula is C11H12OS. The zero-order valence-corrected chi connectivity index (χ0v) is 8.18. The lowest BCUT2D eigenvalue weighted by Crippen LogP contribution is -1.78. The Morgan fingerprint density at radius 1 is 1.46 bits per heavy atom. The predicted octanol–water partition coefficient (Wildman–Crippen LogP) is 2.90. The van der Waals surface area contributed by atoms with E-state index >= 15 is 0 Å². The average Bonchev–Trinajstić information content (AvgIpc) is 2.13. The number of hydrogen-bond acceptors (Lipinski definition) is 2. The van der Waals surface area contributed by atoms with Gasteiger partial charge in [-0.05, 0) is 30.4 Å². The number of phenols is 1. The minimum Gasteiger partial charge on any atom is -0.508 e. The molecular weight excluding hydrogens is 180 g/mol. The second-order valence-corrected chi connectivity index (χ2v) is 3.82. The van der Waals surface area contributed by atoms with Gasteiger partial charge in [-0.25, -0.2) is 0 Å². The highest BCUT2D eigenvalue weighted by Gasteiger charge is 1.94. The van der Waals surface area contributed by atoms with E-state index < -0.39 is 0 Å². The van der Waals surface area contributed by atoms with Crippen molar-refractivity contribution < 1.29 is 5.11 Å². The second-order valence-electron chi connectivity index (χ2n) is 2.65. The molecule has 0 saturated carbocycles. The van der Waals surface area contributed by atoms with Gasteiger partial charge in [0.25, 0.3) is 0 Å². The van der Waals surface area contributed by atoms with Gasteiger partial charge in [0.2, 0.25) is 0 Å². The Labute approximate surface area is 83.2 Å². The topological polar surface area (TPSA) is 20.2 Å². The maximum atomic E-state index is 9.17. The summed E-state index contributed by atoms with van der Waals surface area (Å²) in [5, 5.41) is 9.17. The summed E-state index contributed by atoms with van der Waals surface area (Å²) in [5.41, 5.74) is 0. The number of benzene rings is 1. The molecule has 1 rings (SSSR count). The number of hydrogen-bond donors (Lipinski definition) is 1. The van der Waals surface area contributed by atoms with Crippen molar-refractivity contribution in [3.63, 3.8) is 0 Å². The van der Waals surface area contributed by atoms with Crippen LogP contribution in [0.1, 0.15) is 12.8 Å². The van der Waals surface area contributed by atoms with E-state index in [1.165, 1.54) is 0 Å². The quantitative estimate of drug-likeness (QED) is 0.449. The Morgan fingerprint density at radius 3 is 3.00 bits per heavy atom. The molecule has 1 aromatic carbocycles. The number of rotatable bonds is 4. The van der Waals surface area contributed by atoms with Crippen molar-refractivity contribution in [1.82, 2.24) is 0 Å². The van der Waals surface area contributed by atoms with Crippen molar-refractivity contribution in [3.8, 4) is 18.1 Å². The highest BCUT2D eigenvalue weighted by atomic mass is 32.2. The number of phenolic OH excluding ortho intramolecular Hbond substituents is 1. The molecule has 0 amide bonds. The first-order chi connectivity index (χ1) is 6.33. The Balaban J connectivity index is 2.33. The lowest BCUT2D eigenvalue weighted by atomic mass is 10.3. The molecule has 0 bridgehead atoms. The number of thioether (sulfide) groups is 1. The molecule has 0 radical (unpaired) electrons. The van der Waals surface area contributed by atoms with Crippen LogP contribution in [-0.2, 0) is 0 Å². The first kappa shape index (κ1) is 10.0. The molecule has 1 aromatic rings. The molecule has 0 saturated heterocycles. The fourth-order valence-corrected chi connectivity index (χ4v) is 1.84. The third-order valence-corrected chi connectivity index (χ3v) is 2.63. The molecule has 68 valence electrons. The first-order valence-corrected chi connectivity index (χ1v) is 5.17. The maximum Gasteiger partial charge on any atom is 0.116 e. The molecule has 1 nitrogen and oxygen atoms in total. The zero-order valence-electron chi connectivity index (χ0n) is 7.36. The predicted molar refractivity (Wildman–Crippen MR) is 56.9 cm³/mol. The number of unbranched alkanes of at least 4 members (excludes halogenated alkanes) is 1. The second kappa shape index (κ2) is 5.55. The molecule has 0 spiro atoms. The summed E-state index contributed by atoms with van der Waals surface area (Å²) in [5.74, 6) is 3.93. The molecule has 0 aliphatic heterocycles. The molecule has 2 heteroatoms. The summed E-state index contributed by atoms with van der Waals surface area (Å²) < 4.78 is 0. The van der Waals surface area contributed by atoms with E-state index in [2.05, 4.69) is 5.92 Å². The van der Waals surface area contributed by atoms with E-state index in [4.69, 9.17) is 6.42 Å². The summed E-state index contributed by atoms with van der Waals surface area (Å²) in [7, 11) is 0. The number of terminal acetylenes is 1. The van der Waals surface area contributed by atoms with Gasteiger partial charge in [0.15, 0.2) is 0 Å². The summed E-state index contributed by atoms with van der Waals surface area (Å²) in [6, 6.07) is 7.27. The van der Waals surface area contributed by atoms with Gasteiger partial charge in [0, 0.05) is 11.3 Å². The van der Waals surface area contributed by atoms with Crippen molar-refractivity contribution in [2.45, 2.75) is 17.7 Å². The Kier molecular flexibility index (Phi) is 4.28. The molecule has 0 heterocycles. The van der Waals surface area contributed by atoms with Gasteiger partial charge in [-0.2, -0.15) is 0 Å². The van der Waals surface area contributed by atoms with Crippen LogP contribution in [-0.4, -0.2) is 10.9 Å². The van der Waals surface area contributed by atoms with Crippen LogP contribution in [0.4, 0.5) is 0 Å². The first-order valence-electron chi connectivity index (χ1n) is 4.18. The standard InChI is InChI=1S/C11H12OS/c1-2-3-4-8-13-11-7-5-6-10(12)9-11/h1,5-7,9,12H,3-4,8H2. The molecule has 0 fully saturated rings. The fourth-order valence-electron chi connectivity index (χ4n) is 0.938. The highest BCUT2D eigenvalue weighted by molar-refractivity contribution is 7.99. The van der Waals surface area contributed by atoms with E-state index in [9.17, 15) is 5.11 Å². The van der Waals surface area contributed by atoms with Gasteiger partial charge in [-0.3, -0.25) is 0 Å². The summed E-state index contributed by atoms with van der Waals surface area (Å²) >= 11 is 1.72. The van der Waals surface area contributed by atoms with Crippen molar-refractivity contribution in [3.05, 3.63) is 24.3 Å². The Bertz CT molecular complexity index is 301. The van der Waals surface area contributed by atoms with E-state index in [1.807, 2.05) is 12.1 Å². The van der Waals surface area contributed by atoms with Crippen molar-refractivity contribution >= 4 is 11.8 Å². The Morgan fingerprint density at radius 2 is 2.31 bits per heavy atom. The van der Waals surface area contributed by atoms with Crippen LogP contribution in [0.25, 0.3) is 0 Å².